The van der Waals surface area contributed by atoms with E-state index in [4.69, 9.17) is 9.47 Å². The predicted molar refractivity (Wildman–Crippen MR) is 121 cm³/mol. The van der Waals surface area contributed by atoms with Crippen molar-refractivity contribution in [3.05, 3.63) is 47.1 Å². The Labute approximate surface area is 186 Å². The van der Waals surface area contributed by atoms with E-state index < -0.39 is 42.9 Å². The van der Waals surface area contributed by atoms with Crippen LogP contribution in [0.5, 0.6) is 0 Å². The highest BCUT2D eigenvalue weighted by Crippen LogP contribution is 2.40. The minimum Gasteiger partial charge on any atom is -0.394 e. The third-order valence-corrected chi connectivity index (χ3v) is 6.46. The number of ether oxygens (including phenoxy) is 2. The van der Waals surface area contributed by atoms with E-state index >= 15 is 0 Å². The summed E-state index contributed by atoms with van der Waals surface area (Å²) in [6, 6.07) is 0. The van der Waals surface area contributed by atoms with E-state index in [1.54, 1.807) is 6.92 Å². The Kier molecular flexibility index (Phi) is 8.85. The summed E-state index contributed by atoms with van der Waals surface area (Å²) in [7, 11) is 0. The van der Waals surface area contributed by atoms with Gasteiger partial charge in [-0.05, 0) is 57.9 Å². The highest BCUT2D eigenvalue weighted by atomic mass is 16.7. The summed E-state index contributed by atoms with van der Waals surface area (Å²) >= 11 is 0. The first-order chi connectivity index (χ1) is 14.4. The van der Waals surface area contributed by atoms with Crippen LogP contribution in [-0.4, -0.2) is 63.3 Å². The molecular weight excluding hydrogens is 396 g/mol. The summed E-state index contributed by atoms with van der Waals surface area (Å²) < 4.78 is 11.2. The van der Waals surface area contributed by atoms with Crippen molar-refractivity contribution in [2.24, 2.45) is 5.41 Å². The highest BCUT2D eigenvalue weighted by Gasteiger charge is 2.52. The normalized spacial score (nSPS) is 35.9. The molecule has 0 saturated carbocycles. The van der Waals surface area contributed by atoms with Crippen LogP contribution >= 0.6 is 0 Å². The first kappa shape index (κ1) is 26.0. The molecule has 0 bridgehead atoms. The van der Waals surface area contributed by atoms with Crippen molar-refractivity contribution in [3.8, 4) is 0 Å². The molecular formula is C25H40O6. The van der Waals surface area contributed by atoms with Gasteiger partial charge in [0.05, 0.1) is 12.7 Å². The number of hydrogen-bond donors (Lipinski definition) is 4. The van der Waals surface area contributed by atoms with E-state index in [2.05, 4.69) is 32.9 Å². The Balaban J connectivity index is 1.97. The minimum absolute atomic E-state index is 0.208. The first-order valence-corrected chi connectivity index (χ1v) is 11.1. The molecule has 6 heteroatoms. The summed E-state index contributed by atoms with van der Waals surface area (Å²) in [5, 5.41) is 40.0. The summed E-state index contributed by atoms with van der Waals surface area (Å²) in [6.07, 6.45) is 8.11. The van der Waals surface area contributed by atoms with Gasteiger partial charge in [0, 0.05) is 0 Å². The van der Waals surface area contributed by atoms with Gasteiger partial charge in [0.15, 0.2) is 6.29 Å². The van der Waals surface area contributed by atoms with Crippen LogP contribution < -0.4 is 0 Å². The van der Waals surface area contributed by atoms with E-state index in [-0.39, 0.29) is 5.41 Å². The van der Waals surface area contributed by atoms with Gasteiger partial charge in [-0.2, -0.15) is 0 Å². The molecule has 1 fully saturated rings. The third-order valence-electron chi connectivity index (χ3n) is 6.46. The molecule has 0 aromatic heterocycles. The van der Waals surface area contributed by atoms with Gasteiger partial charge in [0.1, 0.15) is 23.9 Å². The Morgan fingerprint density at radius 2 is 1.97 bits per heavy atom. The molecule has 2 unspecified atom stereocenters. The standard InChI is InChI=1S/C25H40O6/c1-16(12-13-19-17(2)10-8-14-24(19,4)5)9-7-11-18(3)30-23-21(27)22(28)25(6,29)20(15-26)31-23/h7,9,11-13,18,20-23,26-29H,8,10,14-15H2,1-6H3/b11-7+,13-12+,16-9+/t18?,20-,21-,22-,23?,25+/m1/s1. The molecule has 1 heterocycles. The maximum atomic E-state index is 10.2. The van der Waals surface area contributed by atoms with Crippen LogP contribution in [0.25, 0.3) is 0 Å². The number of rotatable bonds is 7. The van der Waals surface area contributed by atoms with Crippen LogP contribution in [0.2, 0.25) is 0 Å². The molecule has 2 aliphatic rings. The van der Waals surface area contributed by atoms with Crippen molar-refractivity contribution in [1.29, 1.82) is 0 Å². The molecule has 1 aliphatic heterocycles. The van der Waals surface area contributed by atoms with E-state index in [1.165, 1.54) is 30.9 Å². The lowest BCUT2D eigenvalue weighted by molar-refractivity contribution is -0.331. The van der Waals surface area contributed by atoms with Crippen molar-refractivity contribution in [1.82, 2.24) is 0 Å². The van der Waals surface area contributed by atoms with E-state index in [0.29, 0.717) is 0 Å². The molecule has 4 N–H and O–H groups in total. The lowest BCUT2D eigenvalue weighted by atomic mass is 9.72. The summed E-state index contributed by atoms with van der Waals surface area (Å²) in [6.45, 7) is 11.5. The van der Waals surface area contributed by atoms with Crippen molar-refractivity contribution >= 4 is 0 Å². The van der Waals surface area contributed by atoms with Crippen molar-refractivity contribution in [2.45, 2.75) is 97.1 Å². The monoisotopic (exact) mass is 436 g/mol. The second-order valence-corrected chi connectivity index (χ2v) is 9.74. The fourth-order valence-corrected chi connectivity index (χ4v) is 4.31. The summed E-state index contributed by atoms with van der Waals surface area (Å²) in [4.78, 5) is 0. The third kappa shape index (κ3) is 6.37. The number of aliphatic hydroxyl groups excluding tert-OH is 3. The van der Waals surface area contributed by atoms with Crippen molar-refractivity contribution < 1.29 is 29.9 Å². The molecule has 0 amide bonds. The largest absolute Gasteiger partial charge is 0.394 e. The summed E-state index contributed by atoms with van der Waals surface area (Å²) in [5.74, 6) is 0. The summed E-state index contributed by atoms with van der Waals surface area (Å²) in [5.41, 5.74) is 2.43. The van der Waals surface area contributed by atoms with Crippen LogP contribution in [0.3, 0.4) is 0 Å². The van der Waals surface area contributed by atoms with Crippen LogP contribution in [0, 0.1) is 5.41 Å². The van der Waals surface area contributed by atoms with Gasteiger partial charge in [-0.3, -0.25) is 0 Å². The van der Waals surface area contributed by atoms with Gasteiger partial charge in [0.2, 0.25) is 0 Å². The van der Waals surface area contributed by atoms with Crippen molar-refractivity contribution in [2.75, 3.05) is 6.61 Å². The molecule has 0 aromatic carbocycles. The van der Waals surface area contributed by atoms with E-state index in [1.807, 2.05) is 25.2 Å². The van der Waals surface area contributed by atoms with Gasteiger partial charge in [0.25, 0.3) is 0 Å². The van der Waals surface area contributed by atoms with Gasteiger partial charge < -0.3 is 29.9 Å². The molecule has 0 aromatic rings. The topological polar surface area (TPSA) is 99.4 Å². The zero-order valence-electron chi connectivity index (χ0n) is 19.7. The smallest absolute Gasteiger partial charge is 0.187 e. The fourth-order valence-electron chi connectivity index (χ4n) is 4.31. The number of hydrogen-bond acceptors (Lipinski definition) is 6. The molecule has 31 heavy (non-hydrogen) atoms. The molecule has 0 spiro atoms. The second kappa shape index (κ2) is 10.6. The van der Waals surface area contributed by atoms with Gasteiger partial charge >= 0.3 is 0 Å². The zero-order valence-corrected chi connectivity index (χ0v) is 19.7. The Morgan fingerprint density at radius 1 is 1.29 bits per heavy atom. The average Bonchev–Trinajstić information content (AvgIpc) is 2.67. The molecule has 2 rings (SSSR count). The van der Waals surface area contributed by atoms with Crippen LogP contribution in [0.1, 0.15) is 60.8 Å². The van der Waals surface area contributed by atoms with Gasteiger partial charge in [-0.15, -0.1) is 0 Å². The lowest BCUT2D eigenvalue weighted by Crippen LogP contribution is -2.66. The van der Waals surface area contributed by atoms with Crippen LogP contribution in [-0.2, 0) is 9.47 Å². The average molecular weight is 437 g/mol. The molecule has 1 saturated heterocycles. The molecule has 6 nitrogen and oxygen atoms in total. The Hall–Kier alpha value is -1.28. The van der Waals surface area contributed by atoms with Crippen molar-refractivity contribution in [3.63, 3.8) is 0 Å². The lowest BCUT2D eigenvalue weighted by Gasteiger charge is -2.46. The molecule has 176 valence electrons. The second-order valence-electron chi connectivity index (χ2n) is 9.74. The highest BCUT2D eigenvalue weighted by molar-refractivity contribution is 5.36. The van der Waals surface area contributed by atoms with Crippen LogP contribution in [0.4, 0.5) is 0 Å². The first-order valence-electron chi connectivity index (χ1n) is 11.1. The number of allylic oxidation sites excluding steroid dienone is 7. The van der Waals surface area contributed by atoms with Crippen LogP contribution in [0.15, 0.2) is 47.1 Å². The van der Waals surface area contributed by atoms with E-state index in [9.17, 15) is 20.4 Å². The maximum Gasteiger partial charge on any atom is 0.187 e. The molecule has 1 aliphatic carbocycles. The Bertz CT molecular complexity index is 726. The fraction of sp³-hybridized carbons (Fsp3) is 0.680. The van der Waals surface area contributed by atoms with Gasteiger partial charge in [-0.1, -0.05) is 55.4 Å². The zero-order chi connectivity index (χ0) is 23.4. The van der Waals surface area contributed by atoms with E-state index in [0.717, 1.165) is 12.0 Å². The number of aliphatic hydroxyl groups is 4. The molecule has 0 radical (unpaired) electrons. The Morgan fingerprint density at radius 3 is 2.58 bits per heavy atom. The maximum absolute atomic E-state index is 10.2. The molecule has 6 atom stereocenters. The predicted octanol–water partition coefficient (Wildman–Crippen LogP) is 3.17. The quantitative estimate of drug-likeness (QED) is 0.458. The minimum atomic E-state index is -1.76. The van der Waals surface area contributed by atoms with Gasteiger partial charge in [-0.25, -0.2) is 0 Å². The SMILES string of the molecule is CC1=C(/C=C/C(C)=C/C=C/C(C)OC2O[C@H](CO)[C@](C)(O)[C@H](O)[C@H]2O)C(C)(C)CCC1.